The zero-order chi connectivity index (χ0) is 21.0. The summed E-state index contributed by atoms with van der Waals surface area (Å²) >= 11 is 0. The minimum Gasteiger partial charge on any atom is -0.489 e. The molecule has 3 aromatic carbocycles. The molecule has 3 rings (SSSR count). The van der Waals surface area contributed by atoms with Gasteiger partial charge in [0.15, 0.2) is 0 Å². The molecule has 0 aromatic heterocycles. The van der Waals surface area contributed by atoms with E-state index in [0.29, 0.717) is 13.0 Å². The first-order chi connectivity index (χ1) is 14.7. The summed E-state index contributed by atoms with van der Waals surface area (Å²) in [5, 5.41) is 9.57. The molecule has 0 heterocycles. The first-order valence-electron chi connectivity index (χ1n) is 10.7. The molecule has 1 atom stereocenters. The summed E-state index contributed by atoms with van der Waals surface area (Å²) in [4.78, 5) is 11.6. The summed E-state index contributed by atoms with van der Waals surface area (Å²) in [6.07, 6.45) is 5.16. The van der Waals surface area contributed by atoms with Gasteiger partial charge in [-0.2, -0.15) is 0 Å². The van der Waals surface area contributed by atoms with Crippen LogP contribution in [-0.4, -0.2) is 11.1 Å². The summed E-state index contributed by atoms with van der Waals surface area (Å²) in [5.41, 5.74) is 3.61. The third-order valence-corrected chi connectivity index (χ3v) is 5.41. The minimum atomic E-state index is -0.683. The number of aliphatic carboxylic acids is 1. The maximum absolute atomic E-state index is 11.6. The molecule has 3 aromatic rings. The SMILES string of the molecule is O=C(O)C(CCCCc1ccccc1)CCc1ccc(OCc2ccccc2)cc1. The monoisotopic (exact) mass is 402 g/mol. The molecule has 30 heavy (non-hydrogen) atoms. The van der Waals surface area contributed by atoms with E-state index in [1.807, 2.05) is 72.8 Å². The lowest BCUT2D eigenvalue weighted by Gasteiger charge is -2.13. The van der Waals surface area contributed by atoms with Crippen LogP contribution in [0.2, 0.25) is 0 Å². The number of carboxylic acids is 1. The fourth-order valence-electron chi connectivity index (χ4n) is 3.59. The Bertz CT molecular complexity index is 873. The summed E-state index contributed by atoms with van der Waals surface area (Å²) in [5.74, 6) is -0.134. The van der Waals surface area contributed by atoms with E-state index in [2.05, 4.69) is 12.1 Å². The van der Waals surface area contributed by atoms with Gasteiger partial charge in [-0.15, -0.1) is 0 Å². The lowest BCUT2D eigenvalue weighted by Crippen LogP contribution is -2.14. The van der Waals surface area contributed by atoms with Gasteiger partial charge in [0.2, 0.25) is 0 Å². The molecule has 0 spiro atoms. The molecule has 0 saturated heterocycles. The molecule has 0 aliphatic heterocycles. The van der Waals surface area contributed by atoms with Crippen LogP contribution in [0.4, 0.5) is 0 Å². The number of rotatable bonds is 12. The van der Waals surface area contributed by atoms with Gasteiger partial charge in [0.25, 0.3) is 0 Å². The van der Waals surface area contributed by atoms with Crippen molar-refractivity contribution in [3.63, 3.8) is 0 Å². The summed E-state index contributed by atoms with van der Waals surface area (Å²) < 4.78 is 5.82. The van der Waals surface area contributed by atoms with Crippen LogP contribution < -0.4 is 4.74 Å². The van der Waals surface area contributed by atoms with Gasteiger partial charge in [0.05, 0.1) is 5.92 Å². The molecule has 1 N–H and O–H groups in total. The van der Waals surface area contributed by atoms with Crippen LogP contribution in [0, 0.1) is 5.92 Å². The number of benzene rings is 3. The molecule has 0 radical (unpaired) electrons. The van der Waals surface area contributed by atoms with Crippen molar-refractivity contribution >= 4 is 5.97 Å². The van der Waals surface area contributed by atoms with Gasteiger partial charge in [-0.05, 0) is 60.9 Å². The van der Waals surface area contributed by atoms with E-state index < -0.39 is 5.97 Å². The van der Waals surface area contributed by atoms with Crippen molar-refractivity contribution < 1.29 is 14.6 Å². The van der Waals surface area contributed by atoms with Crippen LogP contribution >= 0.6 is 0 Å². The predicted molar refractivity (Wildman–Crippen MR) is 121 cm³/mol. The third-order valence-electron chi connectivity index (χ3n) is 5.41. The number of unbranched alkanes of at least 4 members (excludes halogenated alkanes) is 1. The number of hydrogen-bond acceptors (Lipinski definition) is 2. The second kappa shape index (κ2) is 11.8. The highest BCUT2D eigenvalue weighted by atomic mass is 16.5. The van der Waals surface area contributed by atoms with Crippen molar-refractivity contribution in [1.82, 2.24) is 0 Å². The van der Waals surface area contributed by atoms with Crippen molar-refractivity contribution in [3.05, 3.63) is 102 Å². The van der Waals surface area contributed by atoms with E-state index in [-0.39, 0.29) is 5.92 Å². The van der Waals surface area contributed by atoms with Gasteiger partial charge in [-0.3, -0.25) is 4.79 Å². The van der Waals surface area contributed by atoms with Gasteiger partial charge in [0, 0.05) is 0 Å². The highest BCUT2D eigenvalue weighted by molar-refractivity contribution is 5.69. The van der Waals surface area contributed by atoms with Crippen molar-refractivity contribution in [2.45, 2.75) is 45.1 Å². The Kier molecular flexibility index (Phi) is 8.52. The zero-order valence-electron chi connectivity index (χ0n) is 17.4. The zero-order valence-corrected chi connectivity index (χ0v) is 17.4. The molecule has 156 valence electrons. The maximum Gasteiger partial charge on any atom is 0.306 e. The number of ether oxygens (including phenoxy) is 1. The van der Waals surface area contributed by atoms with Crippen molar-refractivity contribution in [2.75, 3.05) is 0 Å². The molecule has 3 heteroatoms. The quantitative estimate of drug-likeness (QED) is 0.361. The van der Waals surface area contributed by atoms with Gasteiger partial charge >= 0.3 is 5.97 Å². The first-order valence-corrected chi connectivity index (χ1v) is 10.7. The van der Waals surface area contributed by atoms with E-state index in [1.165, 1.54) is 5.56 Å². The molecule has 0 aliphatic carbocycles. The van der Waals surface area contributed by atoms with E-state index in [0.717, 1.165) is 49.0 Å². The van der Waals surface area contributed by atoms with E-state index in [9.17, 15) is 9.90 Å². The lowest BCUT2D eigenvalue weighted by atomic mass is 9.93. The fraction of sp³-hybridized carbons (Fsp3) is 0.296. The average Bonchev–Trinajstić information content (AvgIpc) is 2.79. The highest BCUT2D eigenvalue weighted by Crippen LogP contribution is 2.20. The summed E-state index contributed by atoms with van der Waals surface area (Å²) in [6.45, 7) is 0.546. The van der Waals surface area contributed by atoms with Crippen LogP contribution in [-0.2, 0) is 24.2 Å². The van der Waals surface area contributed by atoms with Crippen LogP contribution in [0.3, 0.4) is 0 Å². The molecule has 1 unspecified atom stereocenters. The summed E-state index contributed by atoms with van der Waals surface area (Å²) in [7, 11) is 0. The molecule has 0 bridgehead atoms. The van der Waals surface area contributed by atoms with Gasteiger partial charge in [-0.1, -0.05) is 79.2 Å². The van der Waals surface area contributed by atoms with Crippen molar-refractivity contribution in [1.29, 1.82) is 0 Å². The van der Waals surface area contributed by atoms with Crippen LogP contribution in [0.5, 0.6) is 5.75 Å². The second-order valence-electron chi connectivity index (χ2n) is 7.72. The van der Waals surface area contributed by atoms with E-state index >= 15 is 0 Å². The predicted octanol–water partition coefficient (Wildman–Crippen LogP) is 6.31. The number of hydrogen-bond donors (Lipinski definition) is 1. The Morgan fingerprint density at radius 1 is 0.700 bits per heavy atom. The van der Waals surface area contributed by atoms with E-state index in [1.54, 1.807) is 0 Å². The minimum absolute atomic E-state index is 0.283. The average molecular weight is 403 g/mol. The van der Waals surface area contributed by atoms with Gasteiger partial charge < -0.3 is 9.84 Å². The molecule has 0 saturated carbocycles. The first kappa shape index (κ1) is 21.6. The second-order valence-corrected chi connectivity index (χ2v) is 7.72. The molecule has 0 fully saturated rings. The Labute approximate surface area is 179 Å². The van der Waals surface area contributed by atoms with Crippen LogP contribution in [0.25, 0.3) is 0 Å². The van der Waals surface area contributed by atoms with Crippen molar-refractivity contribution in [2.24, 2.45) is 5.92 Å². The smallest absolute Gasteiger partial charge is 0.306 e. The molecule has 3 nitrogen and oxygen atoms in total. The lowest BCUT2D eigenvalue weighted by molar-refractivity contribution is -0.142. The number of aryl methyl sites for hydroxylation is 2. The Hall–Kier alpha value is -3.07. The molecule has 0 amide bonds. The van der Waals surface area contributed by atoms with Crippen molar-refractivity contribution in [3.8, 4) is 5.75 Å². The standard InChI is InChI=1S/C27H30O3/c28-27(29)25(14-8-7-11-22-9-3-1-4-10-22)18-15-23-16-19-26(20-17-23)30-21-24-12-5-2-6-13-24/h1-6,9-10,12-13,16-17,19-20,25H,7-8,11,14-15,18,21H2,(H,28,29). The normalized spacial score (nSPS) is 11.7. The summed E-state index contributed by atoms with van der Waals surface area (Å²) in [6, 6.07) is 28.5. The van der Waals surface area contributed by atoms with Gasteiger partial charge in [-0.25, -0.2) is 0 Å². The maximum atomic E-state index is 11.6. The third kappa shape index (κ3) is 7.40. The highest BCUT2D eigenvalue weighted by Gasteiger charge is 2.16. The van der Waals surface area contributed by atoms with Crippen LogP contribution in [0.15, 0.2) is 84.9 Å². The fourth-order valence-corrected chi connectivity index (χ4v) is 3.59. The van der Waals surface area contributed by atoms with E-state index in [4.69, 9.17) is 4.74 Å². The molecule has 0 aliphatic rings. The molecular weight excluding hydrogens is 372 g/mol. The Morgan fingerprint density at radius 3 is 1.93 bits per heavy atom. The number of carboxylic acid groups (broad SMARTS) is 1. The van der Waals surface area contributed by atoms with Gasteiger partial charge in [0.1, 0.15) is 12.4 Å². The molecular formula is C27H30O3. The number of carbonyl (C=O) groups is 1. The largest absolute Gasteiger partial charge is 0.489 e. The Balaban J connectivity index is 1.40. The van der Waals surface area contributed by atoms with Crippen LogP contribution in [0.1, 0.15) is 42.4 Å². The Morgan fingerprint density at radius 2 is 1.30 bits per heavy atom. The topological polar surface area (TPSA) is 46.5 Å².